The second kappa shape index (κ2) is 8.93. The number of thiol groups is 1. The Morgan fingerprint density at radius 3 is 2.40 bits per heavy atom. The van der Waals surface area contributed by atoms with Gasteiger partial charge in [0.2, 0.25) is 10.9 Å². The maximum Gasteiger partial charge on any atom is 0.335 e. The van der Waals surface area contributed by atoms with E-state index in [9.17, 15) is 18.3 Å². The van der Waals surface area contributed by atoms with E-state index in [4.69, 9.17) is 0 Å². The zero-order valence-corrected chi connectivity index (χ0v) is 14.7. The quantitative estimate of drug-likeness (QED) is 0.346. The molecule has 0 saturated heterocycles. The number of carboxylic acid groups (broad SMARTS) is 1. The van der Waals surface area contributed by atoms with Crippen LogP contribution in [0.2, 0.25) is 0 Å². The number of hydrogen-bond acceptors (Lipinski definition) is 5. The number of aromatic carboxylic acids is 1. The van der Waals surface area contributed by atoms with Crippen molar-refractivity contribution in [1.82, 2.24) is 0 Å². The summed E-state index contributed by atoms with van der Waals surface area (Å²) in [5.41, 5.74) is 1.94. The van der Waals surface area contributed by atoms with Crippen molar-refractivity contribution in [3.63, 3.8) is 0 Å². The zero-order chi connectivity index (χ0) is 18.2. The Balaban J connectivity index is 2.50. The average molecular weight is 363 g/mol. The lowest BCUT2D eigenvalue weighted by Crippen LogP contribution is -2.10. The molecule has 0 unspecified atom stereocenters. The smallest absolute Gasteiger partial charge is 0.335 e. The van der Waals surface area contributed by atoms with Gasteiger partial charge in [0.05, 0.1) is 22.6 Å². The average Bonchev–Trinajstić information content (AvgIpc) is 2.57. The summed E-state index contributed by atoms with van der Waals surface area (Å²) in [6.07, 6.45) is 1.88. The van der Waals surface area contributed by atoms with Gasteiger partial charge in [0.25, 0.3) is 0 Å². The van der Waals surface area contributed by atoms with Gasteiger partial charge in [-0.15, -0.1) is 0 Å². The monoisotopic (exact) mass is 363 g/mol. The summed E-state index contributed by atoms with van der Waals surface area (Å²) in [4.78, 5) is 11.4. The van der Waals surface area contributed by atoms with Gasteiger partial charge in [-0.05, 0) is 30.7 Å². The number of nitrogens with one attached hydrogen (secondary N) is 3. The molecular weight excluding hydrogens is 342 g/mol. The molecule has 0 spiro atoms. The molecule has 8 heteroatoms. The van der Waals surface area contributed by atoms with Crippen LogP contribution in [0.4, 0.5) is 22.7 Å². The van der Waals surface area contributed by atoms with E-state index in [1.807, 2.05) is 37.3 Å². The maximum atomic E-state index is 11.4. The van der Waals surface area contributed by atoms with Crippen LogP contribution in [0.5, 0.6) is 0 Å². The van der Waals surface area contributed by atoms with Crippen LogP contribution >= 0.6 is 0 Å². The highest BCUT2D eigenvalue weighted by atomic mass is 32.2. The van der Waals surface area contributed by atoms with E-state index >= 15 is 0 Å². The van der Waals surface area contributed by atoms with Crippen molar-refractivity contribution >= 4 is 39.6 Å². The number of carboxylic acids is 1. The number of unbranched alkanes of at least 4 members (excludes halogenated alkanes) is 1. The van der Waals surface area contributed by atoms with Crippen LogP contribution < -0.4 is 15.4 Å². The predicted octanol–water partition coefficient (Wildman–Crippen LogP) is 3.28. The number of rotatable bonds is 9. The molecule has 0 aromatic heterocycles. The summed E-state index contributed by atoms with van der Waals surface area (Å²) < 4.78 is 24.6. The molecule has 2 aromatic rings. The topological polar surface area (TPSA) is 108 Å². The van der Waals surface area contributed by atoms with Crippen molar-refractivity contribution in [1.29, 1.82) is 0 Å². The normalized spacial score (nSPS) is 10.5. The zero-order valence-electron chi connectivity index (χ0n) is 13.8. The second-order valence-electron chi connectivity index (χ2n) is 5.39. The SMILES string of the molecule is CCCCNc1cc(C(=O)O)cc(N[SH](=O)=O)c1Nc1ccccc1. The highest BCUT2D eigenvalue weighted by Gasteiger charge is 2.15. The Morgan fingerprint density at radius 2 is 1.80 bits per heavy atom. The molecule has 0 heterocycles. The molecule has 0 aliphatic carbocycles. The highest BCUT2D eigenvalue weighted by molar-refractivity contribution is 7.73. The molecule has 25 heavy (non-hydrogen) atoms. The first kappa shape index (κ1) is 18.6. The Labute approximate surface area is 148 Å². The molecule has 0 atom stereocenters. The maximum absolute atomic E-state index is 11.4. The van der Waals surface area contributed by atoms with Crippen LogP contribution in [-0.2, 0) is 10.9 Å². The van der Waals surface area contributed by atoms with E-state index < -0.39 is 16.9 Å². The van der Waals surface area contributed by atoms with Gasteiger partial charge in [-0.2, -0.15) is 0 Å². The molecule has 2 rings (SSSR count). The van der Waals surface area contributed by atoms with Crippen molar-refractivity contribution in [3.05, 3.63) is 48.0 Å². The number of anilines is 4. The molecule has 134 valence electrons. The van der Waals surface area contributed by atoms with Crippen LogP contribution in [0.15, 0.2) is 42.5 Å². The van der Waals surface area contributed by atoms with Gasteiger partial charge in [0.15, 0.2) is 0 Å². The molecule has 0 amide bonds. The van der Waals surface area contributed by atoms with Gasteiger partial charge < -0.3 is 15.7 Å². The van der Waals surface area contributed by atoms with E-state index in [0.717, 1.165) is 18.5 Å². The fraction of sp³-hybridized carbons (Fsp3) is 0.235. The molecule has 0 bridgehead atoms. The fourth-order valence-corrected chi connectivity index (χ4v) is 2.66. The minimum atomic E-state index is -2.94. The Morgan fingerprint density at radius 1 is 1.12 bits per heavy atom. The number of carbonyl (C=O) groups is 1. The molecule has 0 fully saturated rings. The third-order valence-electron chi connectivity index (χ3n) is 3.49. The van der Waals surface area contributed by atoms with E-state index in [-0.39, 0.29) is 11.3 Å². The van der Waals surface area contributed by atoms with Gasteiger partial charge in [-0.3, -0.25) is 4.72 Å². The number of benzene rings is 2. The van der Waals surface area contributed by atoms with Gasteiger partial charge in [-0.25, -0.2) is 13.2 Å². The summed E-state index contributed by atoms with van der Waals surface area (Å²) >= 11 is 0. The van der Waals surface area contributed by atoms with Crippen molar-refractivity contribution in [2.75, 3.05) is 21.9 Å². The molecule has 4 N–H and O–H groups in total. The first-order valence-corrected chi connectivity index (χ1v) is 9.07. The van der Waals surface area contributed by atoms with E-state index in [2.05, 4.69) is 15.4 Å². The lowest BCUT2D eigenvalue weighted by Gasteiger charge is -2.18. The van der Waals surface area contributed by atoms with E-state index in [1.165, 1.54) is 12.1 Å². The van der Waals surface area contributed by atoms with E-state index in [1.54, 1.807) is 0 Å². The lowest BCUT2D eigenvalue weighted by atomic mass is 10.1. The van der Waals surface area contributed by atoms with Gasteiger partial charge in [0.1, 0.15) is 0 Å². The van der Waals surface area contributed by atoms with Crippen molar-refractivity contribution in [3.8, 4) is 0 Å². The summed E-state index contributed by atoms with van der Waals surface area (Å²) in [7, 11) is -2.94. The molecule has 0 radical (unpaired) electrons. The van der Waals surface area contributed by atoms with Gasteiger partial charge in [-0.1, -0.05) is 31.5 Å². The Hall–Kier alpha value is -2.74. The minimum Gasteiger partial charge on any atom is -0.478 e. The molecule has 7 nitrogen and oxygen atoms in total. The Bertz CT molecular complexity index is 799. The third-order valence-corrected chi connectivity index (χ3v) is 3.91. The molecule has 0 aliphatic heterocycles. The number of para-hydroxylation sites is 1. The Kier molecular flexibility index (Phi) is 6.64. The van der Waals surface area contributed by atoms with Crippen LogP contribution in [0.1, 0.15) is 30.1 Å². The fourth-order valence-electron chi connectivity index (χ4n) is 2.29. The number of hydrogen-bond donors (Lipinski definition) is 5. The van der Waals surface area contributed by atoms with Crippen molar-refractivity contribution < 1.29 is 18.3 Å². The lowest BCUT2D eigenvalue weighted by molar-refractivity contribution is 0.0697. The first-order valence-electron chi connectivity index (χ1n) is 7.89. The second-order valence-corrected chi connectivity index (χ2v) is 6.13. The standard InChI is InChI=1S/C17H21N3O4S/c1-2-3-9-18-14-10-12(17(21)22)11-15(20-25(23)24)16(14)19-13-7-5-4-6-8-13/h4-8,10-11,18-19,25H,2-3,9H2,1H3,(H,21,22)(H,20,23,24). The largest absolute Gasteiger partial charge is 0.478 e. The van der Waals surface area contributed by atoms with E-state index in [0.29, 0.717) is 17.9 Å². The van der Waals surface area contributed by atoms with Crippen LogP contribution in [-0.4, -0.2) is 26.0 Å². The van der Waals surface area contributed by atoms with Gasteiger partial charge >= 0.3 is 5.97 Å². The first-order chi connectivity index (χ1) is 12.0. The minimum absolute atomic E-state index is 0.00281. The van der Waals surface area contributed by atoms with Gasteiger partial charge in [0, 0.05) is 12.2 Å². The molecular formula is C17H21N3O4S. The summed E-state index contributed by atoms with van der Waals surface area (Å²) in [6.45, 7) is 2.69. The van der Waals surface area contributed by atoms with Crippen LogP contribution in [0.25, 0.3) is 0 Å². The van der Waals surface area contributed by atoms with Crippen molar-refractivity contribution in [2.45, 2.75) is 19.8 Å². The molecule has 2 aromatic carbocycles. The summed E-state index contributed by atoms with van der Waals surface area (Å²) in [5.74, 6) is -1.13. The van der Waals surface area contributed by atoms with Crippen molar-refractivity contribution in [2.24, 2.45) is 0 Å². The van der Waals surface area contributed by atoms with Crippen LogP contribution in [0.3, 0.4) is 0 Å². The predicted molar refractivity (Wildman–Crippen MR) is 100 cm³/mol. The summed E-state index contributed by atoms with van der Waals surface area (Å²) in [5, 5.41) is 15.6. The third kappa shape index (κ3) is 5.39. The molecule has 0 saturated carbocycles. The highest BCUT2D eigenvalue weighted by Crippen LogP contribution is 2.35. The summed E-state index contributed by atoms with van der Waals surface area (Å²) in [6, 6.07) is 12.0. The van der Waals surface area contributed by atoms with Crippen LogP contribution in [0, 0.1) is 0 Å². The molecule has 0 aliphatic rings.